The Morgan fingerprint density at radius 3 is 2.29 bits per heavy atom. The molecule has 0 aliphatic heterocycles. The average molecular weight is 240 g/mol. The zero-order valence-electron chi connectivity index (χ0n) is 11.7. The highest BCUT2D eigenvalue weighted by molar-refractivity contribution is 5.86. The molecule has 2 nitrogen and oxygen atoms in total. The van der Waals surface area contributed by atoms with Crippen molar-refractivity contribution in [2.24, 2.45) is 5.92 Å². The standard InChI is InChI=1S/C15H28O2/c1-4-7-9-13(6-3)11-12-14(15(16)17)10-8-5-2/h12-13H,4-11H2,1-3H3,(H,16,17)/b14-12-. The number of carbonyl (C=O) groups is 1. The first-order chi connectivity index (χ1) is 8.15. The normalized spacial score (nSPS) is 13.7. The van der Waals surface area contributed by atoms with Crippen LogP contribution in [0, 0.1) is 5.92 Å². The fraction of sp³-hybridized carbons (Fsp3) is 0.800. The lowest BCUT2D eigenvalue weighted by molar-refractivity contribution is -0.132. The van der Waals surface area contributed by atoms with Crippen LogP contribution in [0.15, 0.2) is 11.6 Å². The molecule has 0 heterocycles. The van der Waals surface area contributed by atoms with Gasteiger partial charge < -0.3 is 5.11 Å². The summed E-state index contributed by atoms with van der Waals surface area (Å²) in [5.41, 5.74) is 0.613. The molecular weight excluding hydrogens is 212 g/mol. The Balaban J connectivity index is 4.23. The SMILES string of the molecule is CCCC/C(=C/CC(CC)CCCC)C(=O)O. The van der Waals surface area contributed by atoms with Crippen molar-refractivity contribution in [1.82, 2.24) is 0 Å². The minimum absolute atomic E-state index is 0.613. The molecule has 0 aliphatic rings. The Morgan fingerprint density at radius 1 is 1.18 bits per heavy atom. The van der Waals surface area contributed by atoms with Gasteiger partial charge in [0.05, 0.1) is 0 Å². The van der Waals surface area contributed by atoms with Gasteiger partial charge in [-0.3, -0.25) is 0 Å². The van der Waals surface area contributed by atoms with E-state index in [0.29, 0.717) is 11.5 Å². The summed E-state index contributed by atoms with van der Waals surface area (Å²) in [6.45, 7) is 6.49. The van der Waals surface area contributed by atoms with E-state index in [4.69, 9.17) is 5.11 Å². The number of hydrogen-bond donors (Lipinski definition) is 1. The van der Waals surface area contributed by atoms with Crippen molar-refractivity contribution in [2.75, 3.05) is 0 Å². The minimum atomic E-state index is -0.733. The molecular formula is C15H28O2. The lowest BCUT2D eigenvalue weighted by atomic mass is 9.94. The molecule has 1 atom stereocenters. The highest BCUT2D eigenvalue weighted by atomic mass is 16.4. The van der Waals surface area contributed by atoms with E-state index in [9.17, 15) is 4.79 Å². The van der Waals surface area contributed by atoms with Crippen LogP contribution in [-0.4, -0.2) is 11.1 Å². The van der Waals surface area contributed by atoms with Gasteiger partial charge in [-0.25, -0.2) is 4.79 Å². The van der Waals surface area contributed by atoms with Crippen LogP contribution >= 0.6 is 0 Å². The smallest absolute Gasteiger partial charge is 0.331 e. The van der Waals surface area contributed by atoms with Crippen LogP contribution in [0.3, 0.4) is 0 Å². The van der Waals surface area contributed by atoms with Gasteiger partial charge in [-0.1, -0.05) is 59.0 Å². The van der Waals surface area contributed by atoms with E-state index in [1.54, 1.807) is 0 Å². The van der Waals surface area contributed by atoms with E-state index >= 15 is 0 Å². The molecule has 17 heavy (non-hydrogen) atoms. The third-order valence-electron chi connectivity index (χ3n) is 3.32. The predicted octanol–water partition coefficient (Wildman–Crippen LogP) is 4.79. The summed E-state index contributed by atoms with van der Waals surface area (Å²) in [5.74, 6) is -0.0743. The lowest BCUT2D eigenvalue weighted by Gasteiger charge is -2.12. The predicted molar refractivity (Wildman–Crippen MR) is 73.2 cm³/mol. The van der Waals surface area contributed by atoms with Crippen LogP contribution in [-0.2, 0) is 4.79 Å². The number of carboxylic acid groups (broad SMARTS) is 1. The number of hydrogen-bond acceptors (Lipinski definition) is 1. The Morgan fingerprint density at radius 2 is 1.82 bits per heavy atom. The van der Waals surface area contributed by atoms with Gasteiger partial charge in [-0.2, -0.15) is 0 Å². The molecule has 0 aromatic heterocycles. The summed E-state index contributed by atoms with van der Waals surface area (Å²) < 4.78 is 0. The van der Waals surface area contributed by atoms with E-state index < -0.39 is 5.97 Å². The van der Waals surface area contributed by atoms with Crippen LogP contribution in [0.2, 0.25) is 0 Å². The average Bonchev–Trinajstić information content (AvgIpc) is 2.32. The maximum atomic E-state index is 11.1. The summed E-state index contributed by atoms with van der Waals surface area (Å²) in [6.07, 6.45) is 10.5. The fourth-order valence-electron chi connectivity index (χ4n) is 1.95. The molecule has 0 aliphatic carbocycles. The van der Waals surface area contributed by atoms with E-state index in [1.807, 2.05) is 6.08 Å². The molecule has 0 saturated carbocycles. The number of allylic oxidation sites excluding steroid dienone is 1. The van der Waals surface area contributed by atoms with Gasteiger partial charge in [0.15, 0.2) is 0 Å². The van der Waals surface area contributed by atoms with Crippen LogP contribution in [0.4, 0.5) is 0 Å². The molecule has 2 heteroatoms. The summed E-state index contributed by atoms with van der Waals surface area (Å²) in [7, 11) is 0. The van der Waals surface area contributed by atoms with Gasteiger partial charge in [0.2, 0.25) is 0 Å². The van der Waals surface area contributed by atoms with Gasteiger partial charge in [0, 0.05) is 5.57 Å². The van der Waals surface area contributed by atoms with E-state index in [1.165, 1.54) is 19.3 Å². The number of aliphatic carboxylic acids is 1. The van der Waals surface area contributed by atoms with Crippen LogP contribution in [0.25, 0.3) is 0 Å². The Hall–Kier alpha value is -0.790. The zero-order chi connectivity index (χ0) is 13.1. The molecule has 0 spiro atoms. The maximum absolute atomic E-state index is 11.1. The molecule has 0 aromatic carbocycles. The van der Waals surface area contributed by atoms with E-state index in [2.05, 4.69) is 20.8 Å². The molecule has 0 fully saturated rings. The van der Waals surface area contributed by atoms with Crippen LogP contribution in [0.1, 0.15) is 72.1 Å². The summed E-state index contributed by atoms with van der Waals surface area (Å²) >= 11 is 0. The summed E-state index contributed by atoms with van der Waals surface area (Å²) in [4.78, 5) is 11.1. The molecule has 0 aromatic rings. The Bertz CT molecular complexity index is 231. The van der Waals surface area contributed by atoms with Crippen molar-refractivity contribution in [1.29, 1.82) is 0 Å². The van der Waals surface area contributed by atoms with Crippen LogP contribution < -0.4 is 0 Å². The monoisotopic (exact) mass is 240 g/mol. The summed E-state index contributed by atoms with van der Waals surface area (Å²) in [5, 5.41) is 9.09. The molecule has 0 radical (unpaired) electrons. The Kier molecular flexibility index (Phi) is 9.89. The Labute approximate surface area is 106 Å². The first kappa shape index (κ1) is 16.2. The summed E-state index contributed by atoms with van der Waals surface area (Å²) in [6, 6.07) is 0. The largest absolute Gasteiger partial charge is 0.478 e. The van der Waals surface area contributed by atoms with Gasteiger partial charge in [0.25, 0.3) is 0 Å². The van der Waals surface area contributed by atoms with E-state index in [0.717, 1.165) is 32.1 Å². The molecule has 0 saturated heterocycles. The molecule has 0 amide bonds. The fourth-order valence-corrected chi connectivity index (χ4v) is 1.95. The zero-order valence-corrected chi connectivity index (χ0v) is 11.7. The lowest BCUT2D eigenvalue weighted by Crippen LogP contribution is -2.03. The van der Waals surface area contributed by atoms with Crippen molar-refractivity contribution in [3.63, 3.8) is 0 Å². The van der Waals surface area contributed by atoms with Gasteiger partial charge in [0.1, 0.15) is 0 Å². The van der Waals surface area contributed by atoms with Crippen molar-refractivity contribution < 1.29 is 9.90 Å². The van der Waals surface area contributed by atoms with Gasteiger partial charge in [-0.15, -0.1) is 0 Å². The first-order valence-corrected chi connectivity index (χ1v) is 7.07. The number of rotatable bonds is 10. The van der Waals surface area contributed by atoms with Crippen molar-refractivity contribution in [3.05, 3.63) is 11.6 Å². The first-order valence-electron chi connectivity index (χ1n) is 7.07. The van der Waals surface area contributed by atoms with E-state index in [-0.39, 0.29) is 0 Å². The third-order valence-corrected chi connectivity index (χ3v) is 3.32. The third kappa shape index (κ3) is 8.00. The highest BCUT2D eigenvalue weighted by Crippen LogP contribution is 2.19. The molecule has 1 unspecified atom stereocenters. The highest BCUT2D eigenvalue weighted by Gasteiger charge is 2.09. The van der Waals surface area contributed by atoms with Crippen molar-refractivity contribution >= 4 is 5.97 Å². The molecule has 100 valence electrons. The van der Waals surface area contributed by atoms with Crippen molar-refractivity contribution in [2.45, 2.75) is 72.1 Å². The number of unbranched alkanes of at least 4 members (excludes halogenated alkanes) is 2. The molecule has 0 rings (SSSR count). The molecule has 0 bridgehead atoms. The maximum Gasteiger partial charge on any atom is 0.331 e. The topological polar surface area (TPSA) is 37.3 Å². The number of carboxylic acids is 1. The van der Waals surface area contributed by atoms with Crippen molar-refractivity contribution in [3.8, 4) is 0 Å². The van der Waals surface area contributed by atoms with Crippen LogP contribution in [0.5, 0.6) is 0 Å². The second kappa shape index (κ2) is 10.4. The quantitative estimate of drug-likeness (QED) is 0.557. The van der Waals surface area contributed by atoms with Gasteiger partial charge in [-0.05, 0) is 25.2 Å². The second-order valence-corrected chi connectivity index (χ2v) is 4.79. The molecule has 1 N–H and O–H groups in total. The van der Waals surface area contributed by atoms with Gasteiger partial charge >= 0.3 is 5.97 Å². The second-order valence-electron chi connectivity index (χ2n) is 4.79. The minimum Gasteiger partial charge on any atom is -0.478 e.